The van der Waals surface area contributed by atoms with E-state index in [1.165, 1.54) is 6.07 Å². The smallest absolute Gasteiger partial charge is 0.165 e. The molecule has 0 saturated heterocycles. The van der Waals surface area contributed by atoms with E-state index in [1.54, 1.807) is 13.2 Å². The summed E-state index contributed by atoms with van der Waals surface area (Å²) in [6.45, 7) is 3.64. The van der Waals surface area contributed by atoms with Crippen LogP contribution in [-0.2, 0) is 6.42 Å². The third kappa shape index (κ3) is 2.75. The molecule has 0 fully saturated rings. The quantitative estimate of drug-likeness (QED) is 0.818. The monoisotopic (exact) mass is 253 g/mol. The van der Waals surface area contributed by atoms with Gasteiger partial charge in [0.15, 0.2) is 11.6 Å². The number of nitrogens with one attached hydrogen (secondary N) is 1. The maximum Gasteiger partial charge on any atom is 0.165 e. The molecule has 1 N–H and O–H groups in total. The van der Waals surface area contributed by atoms with E-state index in [0.717, 1.165) is 31.4 Å². The Balaban J connectivity index is 2.09. The first kappa shape index (κ1) is 13.1. The molecule has 0 bridgehead atoms. The van der Waals surface area contributed by atoms with Crippen LogP contribution >= 0.6 is 0 Å². The largest absolute Gasteiger partial charge is 0.496 e. The molecule has 1 atom stereocenters. The van der Waals surface area contributed by atoms with Crippen molar-refractivity contribution in [3.05, 3.63) is 23.5 Å². The number of benzene rings is 1. The Bertz CT molecular complexity index is 409. The van der Waals surface area contributed by atoms with Crippen LogP contribution in [0.4, 0.5) is 4.39 Å². The van der Waals surface area contributed by atoms with Crippen molar-refractivity contribution in [3.63, 3.8) is 0 Å². The summed E-state index contributed by atoms with van der Waals surface area (Å²) in [7, 11) is 1.60. The van der Waals surface area contributed by atoms with Crippen LogP contribution < -0.4 is 14.8 Å². The molecule has 100 valence electrons. The Morgan fingerprint density at radius 3 is 3.06 bits per heavy atom. The number of hydrogen-bond donors (Lipinski definition) is 1. The first-order chi connectivity index (χ1) is 8.76. The molecule has 0 spiro atoms. The number of unbranched alkanes of at least 4 members (excludes halogenated alkanes) is 1. The van der Waals surface area contributed by atoms with Crippen LogP contribution in [0.3, 0.4) is 0 Å². The molecule has 1 heterocycles. The van der Waals surface area contributed by atoms with Gasteiger partial charge in [0.25, 0.3) is 0 Å². The SMILES string of the molecule is CCCCNC1COc2c(F)ccc(OC)c2C1. The van der Waals surface area contributed by atoms with Crippen molar-refractivity contribution >= 4 is 0 Å². The molecule has 0 aromatic heterocycles. The molecule has 1 aliphatic heterocycles. The van der Waals surface area contributed by atoms with E-state index in [-0.39, 0.29) is 11.9 Å². The lowest BCUT2D eigenvalue weighted by Crippen LogP contribution is -2.40. The van der Waals surface area contributed by atoms with Crippen LogP contribution in [0, 0.1) is 5.82 Å². The van der Waals surface area contributed by atoms with Gasteiger partial charge in [0, 0.05) is 11.6 Å². The standard InChI is InChI=1S/C14H20FNO2/c1-3-4-7-16-10-8-11-13(17-2)6-5-12(15)14(11)18-9-10/h5-6,10,16H,3-4,7-9H2,1-2H3. The van der Waals surface area contributed by atoms with Crippen molar-refractivity contribution in [3.8, 4) is 11.5 Å². The highest BCUT2D eigenvalue weighted by atomic mass is 19.1. The van der Waals surface area contributed by atoms with Crippen molar-refractivity contribution in [2.75, 3.05) is 20.3 Å². The third-order valence-corrected chi connectivity index (χ3v) is 3.23. The van der Waals surface area contributed by atoms with Gasteiger partial charge in [-0.15, -0.1) is 0 Å². The summed E-state index contributed by atoms with van der Waals surface area (Å²) >= 11 is 0. The molecule has 2 rings (SSSR count). The van der Waals surface area contributed by atoms with Gasteiger partial charge in [-0.1, -0.05) is 13.3 Å². The maximum atomic E-state index is 13.6. The van der Waals surface area contributed by atoms with E-state index in [9.17, 15) is 4.39 Å². The fourth-order valence-electron chi connectivity index (χ4n) is 2.23. The second-order valence-electron chi connectivity index (χ2n) is 4.58. The van der Waals surface area contributed by atoms with Crippen LogP contribution in [0.5, 0.6) is 11.5 Å². The van der Waals surface area contributed by atoms with Gasteiger partial charge in [0.05, 0.1) is 7.11 Å². The fourth-order valence-corrected chi connectivity index (χ4v) is 2.23. The summed E-state index contributed by atoms with van der Waals surface area (Å²) in [6, 6.07) is 3.29. The molecular formula is C14H20FNO2. The van der Waals surface area contributed by atoms with Crippen LogP contribution in [0.15, 0.2) is 12.1 Å². The Hall–Kier alpha value is -1.29. The van der Waals surface area contributed by atoms with E-state index in [2.05, 4.69) is 12.2 Å². The summed E-state index contributed by atoms with van der Waals surface area (Å²) in [5.41, 5.74) is 0.831. The minimum absolute atomic E-state index is 0.236. The van der Waals surface area contributed by atoms with Gasteiger partial charge in [-0.2, -0.15) is 0 Å². The van der Waals surface area contributed by atoms with Crippen molar-refractivity contribution in [1.29, 1.82) is 0 Å². The second kappa shape index (κ2) is 6.05. The van der Waals surface area contributed by atoms with E-state index >= 15 is 0 Å². The minimum Gasteiger partial charge on any atom is -0.496 e. The zero-order valence-electron chi connectivity index (χ0n) is 11.0. The molecule has 0 saturated carbocycles. The van der Waals surface area contributed by atoms with Gasteiger partial charge in [-0.25, -0.2) is 4.39 Å². The molecule has 0 aliphatic carbocycles. The minimum atomic E-state index is -0.308. The number of hydrogen-bond acceptors (Lipinski definition) is 3. The van der Waals surface area contributed by atoms with Crippen LogP contribution in [0.25, 0.3) is 0 Å². The summed E-state index contributed by atoms with van der Waals surface area (Å²) in [4.78, 5) is 0. The van der Waals surface area contributed by atoms with E-state index < -0.39 is 0 Å². The molecule has 1 aliphatic rings. The molecule has 1 aromatic rings. The first-order valence-electron chi connectivity index (χ1n) is 6.47. The van der Waals surface area contributed by atoms with Gasteiger partial charge in [0.2, 0.25) is 0 Å². The van der Waals surface area contributed by atoms with E-state index in [0.29, 0.717) is 18.1 Å². The number of ether oxygens (including phenoxy) is 2. The zero-order valence-corrected chi connectivity index (χ0v) is 11.0. The van der Waals surface area contributed by atoms with Gasteiger partial charge >= 0.3 is 0 Å². The summed E-state index contributed by atoms with van der Waals surface area (Å²) < 4.78 is 24.4. The lowest BCUT2D eigenvalue weighted by atomic mass is 10.0. The van der Waals surface area contributed by atoms with Crippen LogP contribution in [0.1, 0.15) is 25.3 Å². The number of methoxy groups -OCH3 is 1. The normalized spacial score (nSPS) is 18.1. The molecular weight excluding hydrogens is 233 g/mol. The Kier molecular flexibility index (Phi) is 4.42. The zero-order chi connectivity index (χ0) is 13.0. The van der Waals surface area contributed by atoms with Gasteiger partial charge in [-0.05, 0) is 31.5 Å². The van der Waals surface area contributed by atoms with Crippen molar-refractivity contribution in [1.82, 2.24) is 5.32 Å². The van der Waals surface area contributed by atoms with Gasteiger partial charge in [-0.3, -0.25) is 0 Å². The lowest BCUT2D eigenvalue weighted by Gasteiger charge is -2.27. The predicted molar refractivity (Wildman–Crippen MR) is 68.8 cm³/mol. The first-order valence-corrected chi connectivity index (χ1v) is 6.47. The van der Waals surface area contributed by atoms with Crippen molar-refractivity contribution < 1.29 is 13.9 Å². The fraction of sp³-hybridized carbons (Fsp3) is 0.571. The van der Waals surface area contributed by atoms with E-state index in [1.807, 2.05) is 0 Å². The molecule has 18 heavy (non-hydrogen) atoms. The molecule has 1 aromatic carbocycles. The van der Waals surface area contributed by atoms with Gasteiger partial charge in [0.1, 0.15) is 12.4 Å². The Morgan fingerprint density at radius 2 is 2.33 bits per heavy atom. The van der Waals surface area contributed by atoms with Crippen molar-refractivity contribution in [2.45, 2.75) is 32.2 Å². The van der Waals surface area contributed by atoms with Crippen LogP contribution in [0.2, 0.25) is 0 Å². The third-order valence-electron chi connectivity index (χ3n) is 3.23. The average molecular weight is 253 g/mol. The molecule has 0 amide bonds. The summed E-state index contributed by atoms with van der Waals surface area (Å²) in [5, 5.41) is 3.43. The highest BCUT2D eigenvalue weighted by Gasteiger charge is 2.25. The average Bonchev–Trinajstić information content (AvgIpc) is 2.39. The molecule has 3 nitrogen and oxygen atoms in total. The van der Waals surface area contributed by atoms with Crippen LogP contribution in [-0.4, -0.2) is 26.3 Å². The Labute approximate surface area is 107 Å². The molecule has 1 unspecified atom stereocenters. The lowest BCUT2D eigenvalue weighted by molar-refractivity contribution is 0.224. The molecule has 4 heteroatoms. The van der Waals surface area contributed by atoms with E-state index in [4.69, 9.17) is 9.47 Å². The summed E-state index contributed by atoms with van der Waals surface area (Å²) in [6.07, 6.45) is 3.05. The van der Waals surface area contributed by atoms with Crippen molar-refractivity contribution in [2.24, 2.45) is 0 Å². The molecule has 0 radical (unpaired) electrons. The second-order valence-corrected chi connectivity index (χ2v) is 4.58. The van der Waals surface area contributed by atoms with Gasteiger partial charge < -0.3 is 14.8 Å². The highest BCUT2D eigenvalue weighted by molar-refractivity contribution is 5.47. The maximum absolute atomic E-state index is 13.6. The topological polar surface area (TPSA) is 30.5 Å². The predicted octanol–water partition coefficient (Wildman–Crippen LogP) is 2.53. The number of rotatable bonds is 5. The highest BCUT2D eigenvalue weighted by Crippen LogP contribution is 2.35. The number of fused-ring (bicyclic) bond motifs is 1. The summed E-state index contributed by atoms with van der Waals surface area (Å²) in [5.74, 6) is 0.745. The Morgan fingerprint density at radius 1 is 1.50 bits per heavy atom. The number of halogens is 1.